The molecule has 0 radical (unpaired) electrons. The summed E-state index contributed by atoms with van der Waals surface area (Å²) in [6, 6.07) is 8.42. The number of aliphatic hydroxyl groups excluding tert-OH is 1. The molecule has 1 N–H and O–H groups in total. The van der Waals surface area contributed by atoms with Gasteiger partial charge in [-0.1, -0.05) is 33.6 Å². The van der Waals surface area contributed by atoms with Gasteiger partial charge >= 0.3 is 0 Å². The molecule has 1 aromatic rings. The van der Waals surface area contributed by atoms with Gasteiger partial charge < -0.3 is 10.0 Å². The number of aliphatic hydroxyl groups is 1. The zero-order valence-corrected chi connectivity index (χ0v) is 18.7. The van der Waals surface area contributed by atoms with E-state index in [9.17, 15) is 0 Å². The number of anilines is 1. The third-order valence-corrected chi connectivity index (χ3v) is 2.89. The minimum atomic E-state index is 0.236. The summed E-state index contributed by atoms with van der Waals surface area (Å²) in [6.45, 7) is 4.01. The first kappa shape index (κ1) is 23.8. The van der Waals surface area contributed by atoms with Crippen LogP contribution < -0.4 is 4.90 Å². The fraction of sp³-hybridized carbons (Fsp3) is 0.538. The predicted molar refractivity (Wildman–Crippen MR) is 114 cm³/mol. The molecule has 7 heteroatoms. The predicted octanol–water partition coefficient (Wildman–Crippen LogP) is 5.42. The van der Waals surface area contributed by atoms with Crippen molar-refractivity contribution in [1.82, 2.24) is 0 Å². The molecule has 0 aliphatic heterocycles. The molecule has 0 unspecified atom stereocenters. The molecule has 0 saturated carbocycles. The van der Waals surface area contributed by atoms with Crippen molar-refractivity contribution in [3.8, 4) is 0 Å². The van der Waals surface area contributed by atoms with Crippen LogP contribution in [0, 0.1) is 6.92 Å². The summed E-state index contributed by atoms with van der Waals surface area (Å²) >= 11 is 18.7. The number of alkyl halides is 3. The molecule has 0 aromatic heterocycles. The summed E-state index contributed by atoms with van der Waals surface area (Å²) in [5.74, 6) is 1.26. The van der Waals surface area contributed by atoms with E-state index < -0.39 is 0 Å². The van der Waals surface area contributed by atoms with Gasteiger partial charge in [-0.15, -0.1) is 23.2 Å². The molecule has 0 bridgehead atoms. The molecular weight excluding hydrogens is 591 g/mol. The van der Waals surface area contributed by atoms with E-state index in [0.717, 1.165) is 13.1 Å². The van der Waals surface area contributed by atoms with E-state index in [4.69, 9.17) is 28.3 Å². The maximum absolute atomic E-state index is 7.83. The Hall–Kier alpha value is 1.50. The first-order valence-electron chi connectivity index (χ1n) is 5.94. The summed E-state index contributed by atoms with van der Waals surface area (Å²) in [5.41, 5.74) is 2.46. The van der Waals surface area contributed by atoms with E-state index in [1.807, 2.05) is 0 Å². The van der Waals surface area contributed by atoms with E-state index in [-0.39, 0.29) is 6.61 Å². The molecule has 2 nitrogen and oxygen atoms in total. The zero-order valence-electron chi connectivity index (χ0n) is 11.3. The van der Waals surface area contributed by atoms with Crippen molar-refractivity contribution in [2.45, 2.75) is 6.92 Å². The average Bonchev–Trinajstić information content (AvgIpc) is 2.50. The van der Waals surface area contributed by atoms with Gasteiger partial charge in [0.15, 0.2) is 0 Å². The third-order valence-electron chi connectivity index (χ3n) is 2.19. The molecule has 0 amide bonds. The molecule has 20 heavy (non-hydrogen) atoms. The fourth-order valence-electron chi connectivity index (χ4n) is 1.33. The van der Waals surface area contributed by atoms with E-state index in [1.165, 1.54) is 11.3 Å². The van der Waals surface area contributed by atoms with Crippen LogP contribution in [0.25, 0.3) is 0 Å². The van der Waals surface area contributed by atoms with Gasteiger partial charge in [0.05, 0.1) is 6.61 Å². The molecule has 0 saturated heterocycles. The second-order valence-electron chi connectivity index (χ2n) is 3.61. The van der Waals surface area contributed by atoms with Crippen molar-refractivity contribution in [1.29, 1.82) is 0 Å². The van der Waals surface area contributed by atoms with Crippen LogP contribution in [0.15, 0.2) is 24.3 Å². The molecule has 1 aromatic carbocycles. The van der Waals surface area contributed by atoms with Gasteiger partial charge in [-0.05, 0) is 19.1 Å². The smallest absolute Gasteiger partial charge is 0.0528 e. The van der Waals surface area contributed by atoms with Crippen LogP contribution in [0.5, 0.6) is 0 Å². The van der Waals surface area contributed by atoms with Gasteiger partial charge in [-0.2, -0.15) is 0 Å². The maximum atomic E-state index is 7.83. The summed E-state index contributed by atoms with van der Waals surface area (Å²) in [5, 5.41) is 8.52. The molecule has 0 atom stereocenters. The van der Waals surface area contributed by atoms with Crippen LogP contribution in [-0.2, 0) is 0 Å². The second-order valence-corrected chi connectivity index (χ2v) is 5.16. The van der Waals surface area contributed by atoms with E-state index in [0.29, 0.717) is 17.1 Å². The SMILES string of the molecule is Cc1ccc(N(CCCl)CCCl)cc1.II.OCCBr. The Morgan fingerprint density at radius 1 is 1.10 bits per heavy atom. The standard InChI is InChI=1S/C11H15Cl2N.C2H5BrO.I2/c1-10-2-4-11(5-3-10)14(8-6-12)9-7-13;3-1-2-4;1-2/h2-5H,6-9H2,1H3;4H,1-2H2;. The van der Waals surface area contributed by atoms with Crippen LogP contribution in [0.1, 0.15) is 5.56 Å². The van der Waals surface area contributed by atoms with E-state index >= 15 is 0 Å². The van der Waals surface area contributed by atoms with Crippen LogP contribution in [0.4, 0.5) is 5.69 Å². The lowest BCUT2D eigenvalue weighted by Gasteiger charge is -2.22. The van der Waals surface area contributed by atoms with Gasteiger partial charge in [-0.25, -0.2) is 0 Å². The topological polar surface area (TPSA) is 23.5 Å². The van der Waals surface area contributed by atoms with Crippen molar-refractivity contribution >= 4 is 82.1 Å². The summed E-state index contributed by atoms with van der Waals surface area (Å²) < 4.78 is 0. The highest BCUT2D eigenvalue weighted by Gasteiger charge is 2.03. The van der Waals surface area contributed by atoms with Crippen molar-refractivity contribution in [3.05, 3.63) is 29.8 Å². The summed E-state index contributed by atoms with van der Waals surface area (Å²) in [6.07, 6.45) is 0. The largest absolute Gasteiger partial charge is 0.396 e. The van der Waals surface area contributed by atoms with Crippen molar-refractivity contribution in [3.63, 3.8) is 0 Å². The van der Waals surface area contributed by atoms with Gasteiger partial charge in [0.25, 0.3) is 0 Å². The van der Waals surface area contributed by atoms with Gasteiger partial charge in [-0.3, -0.25) is 0 Å². The molecular formula is C13H20BrCl2I2NO. The molecule has 0 aliphatic carbocycles. The Morgan fingerprint density at radius 3 is 1.80 bits per heavy atom. The Kier molecular flexibility index (Phi) is 22.0. The lowest BCUT2D eigenvalue weighted by atomic mass is 10.2. The van der Waals surface area contributed by atoms with Crippen molar-refractivity contribution in [2.24, 2.45) is 0 Å². The van der Waals surface area contributed by atoms with Gasteiger partial charge in [0, 0.05) is 73.1 Å². The lowest BCUT2D eigenvalue weighted by Crippen LogP contribution is -2.27. The third kappa shape index (κ3) is 13.2. The Morgan fingerprint density at radius 2 is 1.50 bits per heavy atom. The van der Waals surface area contributed by atoms with E-state index in [2.05, 4.69) is 89.3 Å². The van der Waals surface area contributed by atoms with Crippen LogP contribution >= 0.6 is 76.4 Å². The minimum Gasteiger partial charge on any atom is -0.396 e. The highest BCUT2D eigenvalue weighted by Crippen LogP contribution is 2.14. The maximum Gasteiger partial charge on any atom is 0.0528 e. The highest BCUT2D eigenvalue weighted by atomic mass is 128. The Bertz CT molecular complexity index is 297. The zero-order chi connectivity index (χ0) is 15.8. The number of benzene rings is 1. The Balaban J connectivity index is 0. The molecule has 118 valence electrons. The fourth-order valence-corrected chi connectivity index (χ4v) is 1.74. The monoisotopic (exact) mass is 609 g/mol. The quantitative estimate of drug-likeness (QED) is 0.344. The lowest BCUT2D eigenvalue weighted by molar-refractivity contribution is 0.324. The van der Waals surface area contributed by atoms with Crippen molar-refractivity contribution < 1.29 is 5.11 Å². The van der Waals surface area contributed by atoms with Crippen molar-refractivity contribution in [2.75, 3.05) is 41.7 Å². The highest BCUT2D eigenvalue weighted by molar-refractivity contribution is 15.0. The molecule has 1 rings (SSSR count). The normalized spacial score (nSPS) is 8.95. The van der Waals surface area contributed by atoms with E-state index in [1.54, 1.807) is 0 Å². The number of rotatable bonds is 6. The first-order chi connectivity index (χ1) is 9.69. The van der Waals surface area contributed by atoms with Gasteiger partial charge in [0.2, 0.25) is 0 Å². The summed E-state index contributed by atoms with van der Waals surface area (Å²) in [4.78, 5) is 2.19. The number of hydrogen-bond acceptors (Lipinski definition) is 2. The first-order valence-corrected chi connectivity index (χ1v) is 14.4. The minimum absolute atomic E-state index is 0.236. The number of halogens is 5. The average molecular weight is 611 g/mol. The Labute approximate surface area is 164 Å². The molecule has 0 aliphatic rings. The van der Waals surface area contributed by atoms with Gasteiger partial charge in [0.1, 0.15) is 0 Å². The van der Waals surface area contributed by atoms with Crippen LogP contribution in [0.2, 0.25) is 0 Å². The number of aryl methyl sites for hydroxylation is 1. The molecule has 0 fully saturated rings. The molecule has 0 spiro atoms. The second kappa shape index (κ2) is 18.5. The number of hydrogen-bond donors (Lipinski definition) is 1. The summed E-state index contributed by atoms with van der Waals surface area (Å²) in [7, 11) is 0. The number of nitrogens with zero attached hydrogens (tertiary/aromatic N) is 1. The van der Waals surface area contributed by atoms with Crippen LogP contribution in [0.3, 0.4) is 0 Å². The molecule has 0 heterocycles. The van der Waals surface area contributed by atoms with Crippen LogP contribution in [-0.4, -0.2) is 41.9 Å².